The van der Waals surface area contributed by atoms with Crippen LogP contribution in [0.3, 0.4) is 0 Å². The molecule has 0 radical (unpaired) electrons. The second-order valence-corrected chi connectivity index (χ2v) is 4.89. The van der Waals surface area contributed by atoms with Crippen LogP contribution in [0.4, 0.5) is 4.39 Å². The Kier molecular flexibility index (Phi) is 4.26. The zero-order chi connectivity index (χ0) is 12.2. The number of halogens is 1. The number of nitrogens with two attached hydrogens (primary N) is 1. The van der Waals surface area contributed by atoms with Crippen molar-refractivity contribution in [3.63, 3.8) is 0 Å². The quantitative estimate of drug-likeness (QED) is 0.799. The molecule has 0 atom stereocenters. The van der Waals surface area contributed by atoms with Crippen molar-refractivity contribution < 1.29 is 17.5 Å². The molecule has 1 aromatic rings. The molecular formula is C10H14FNO3S. The highest BCUT2D eigenvalue weighted by Crippen LogP contribution is 2.20. The Morgan fingerprint density at radius 1 is 1.44 bits per heavy atom. The number of aryl methyl sites for hydroxylation is 1. The summed E-state index contributed by atoms with van der Waals surface area (Å²) in [4.78, 5) is 0.0744. The highest BCUT2D eigenvalue weighted by Gasteiger charge is 2.11. The summed E-state index contributed by atoms with van der Waals surface area (Å²) < 4.78 is 39.3. The van der Waals surface area contributed by atoms with Gasteiger partial charge in [0, 0.05) is 6.42 Å². The van der Waals surface area contributed by atoms with E-state index in [2.05, 4.69) is 0 Å². The van der Waals surface area contributed by atoms with E-state index in [1.807, 2.05) is 0 Å². The zero-order valence-corrected chi connectivity index (χ0v) is 9.76. The average molecular weight is 247 g/mol. The molecular weight excluding hydrogens is 233 g/mol. The first-order valence-corrected chi connectivity index (χ1v) is 6.32. The van der Waals surface area contributed by atoms with Gasteiger partial charge < -0.3 is 4.74 Å². The normalized spacial score (nSPS) is 11.4. The minimum atomic E-state index is -3.69. The molecule has 4 nitrogen and oxygen atoms in total. The minimum absolute atomic E-state index is 0.0744. The lowest BCUT2D eigenvalue weighted by Crippen LogP contribution is -2.13. The molecule has 0 heterocycles. The molecule has 0 aromatic heterocycles. The molecule has 0 aliphatic heterocycles. The minimum Gasteiger partial charge on any atom is -0.493 e. The number of rotatable bonds is 5. The van der Waals surface area contributed by atoms with Gasteiger partial charge in [-0.25, -0.2) is 13.6 Å². The molecule has 90 valence electrons. The van der Waals surface area contributed by atoms with E-state index in [1.165, 1.54) is 12.1 Å². The van der Waals surface area contributed by atoms with Gasteiger partial charge in [-0.05, 0) is 30.7 Å². The van der Waals surface area contributed by atoms with Crippen LogP contribution in [0.1, 0.15) is 12.0 Å². The van der Waals surface area contributed by atoms with Crippen molar-refractivity contribution in [3.8, 4) is 5.75 Å². The molecule has 0 spiro atoms. The fraction of sp³-hybridized carbons (Fsp3) is 0.400. The average Bonchev–Trinajstić information content (AvgIpc) is 2.16. The molecule has 0 aliphatic carbocycles. The largest absolute Gasteiger partial charge is 0.493 e. The van der Waals surface area contributed by atoms with E-state index < -0.39 is 16.7 Å². The maximum atomic E-state index is 11.8. The van der Waals surface area contributed by atoms with E-state index in [-0.39, 0.29) is 11.5 Å². The summed E-state index contributed by atoms with van der Waals surface area (Å²) in [5.41, 5.74) is 0.514. The van der Waals surface area contributed by atoms with Crippen molar-refractivity contribution in [3.05, 3.63) is 23.8 Å². The summed E-state index contributed by atoms with van der Waals surface area (Å²) in [6, 6.07) is 4.46. The summed E-state index contributed by atoms with van der Waals surface area (Å²) in [6.45, 7) is 1.46. The number of hydrogen-bond acceptors (Lipinski definition) is 3. The summed E-state index contributed by atoms with van der Waals surface area (Å²) in [5, 5.41) is 5.01. The number of alkyl halides is 1. The number of benzene rings is 1. The summed E-state index contributed by atoms with van der Waals surface area (Å²) >= 11 is 0. The number of ether oxygens (including phenoxy) is 1. The second-order valence-electron chi connectivity index (χ2n) is 3.36. The third-order valence-electron chi connectivity index (χ3n) is 2.00. The molecule has 1 rings (SSSR count). The second kappa shape index (κ2) is 5.27. The van der Waals surface area contributed by atoms with Gasteiger partial charge in [0.2, 0.25) is 10.0 Å². The predicted molar refractivity (Wildman–Crippen MR) is 58.6 cm³/mol. The predicted octanol–water partition coefficient (Wildman–Crippen LogP) is 1.38. The Labute approximate surface area is 94.3 Å². The lowest BCUT2D eigenvalue weighted by atomic mass is 10.2. The lowest BCUT2D eigenvalue weighted by molar-refractivity contribution is 0.289. The molecule has 0 fully saturated rings. The first-order valence-electron chi connectivity index (χ1n) is 4.77. The maximum absolute atomic E-state index is 11.8. The van der Waals surface area contributed by atoms with E-state index in [9.17, 15) is 12.8 Å². The van der Waals surface area contributed by atoms with E-state index in [1.54, 1.807) is 13.0 Å². The Bertz CT molecular complexity index is 459. The standard InChI is InChI=1S/C10H14FNO3S/c1-8-7-9(15-6-2-5-11)3-4-10(8)16(12,13)14/h3-4,7H,2,5-6H2,1H3,(H2,12,13,14). The van der Waals surface area contributed by atoms with Crippen LogP contribution in [-0.2, 0) is 10.0 Å². The number of primary sulfonamides is 1. The Morgan fingerprint density at radius 3 is 2.62 bits per heavy atom. The third-order valence-corrected chi connectivity index (χ3v) is 3.07. The molecule has 0 aliphatic rings. The molecule has 2 N–H and O–H groups in total. The molecule has 0 unspecified atom stereocenters. The molecule has 6 heteroatoms. The fourth-order valence-electron chi connectivity index (χ4n) is 1.28. The van der Waals surface area contributed by atoms with Crippen LogP contribution in [-0.4, -0.2) is 21.7 Å². The van der Waals surface area contributed by atoms with E-state index >= 15 is 0 Å². The lowest BCUT2D eigenvalue weighted by Gasteiger charge is -2.08. The van der Waals surface area contributed by atoms with Gasteiger partial charge in [-0.2, -0.15) is 0 Å². The molecule has 0 saturated heterocycles. The monoisotopic (exact) mass is 247 g/mol. The molecule has 0 bridgehead atoms. The summed E-state index contributed by atoms with van der Waals surface area (Å²) in [5.74, 6) is 0.512. The smallest absolute Gasteiger partial charge is 0.238 e. The van der Waals surface area contributed by atoms with Gasteiger partial charge >= 0.3 is 0 Å². The van der Waals surface area contributed by atoms with Gasteiger partial charge in [-0.15, -0.1) is 0 Å². The van der Waals surface area contributed by atoms with Crippen molar-refractivity contribution in [2.75, 3.05) is 13.3 Å². The zero-order valence-electron chi connectivity index (χ0n) is 8.94. The van der Waals surface area contributed by atoms with E-state index in [0.29, 0.717) is 17.7 Å². The van der Waals surface area contributed by atoms with Gasteiger partial charge in [0.05, 0.1) is 18.2 Å². The van der Waals surface area contributed by atoms with E-state index in [4.69, 9.17) is 9.88 Å². The molecule has 1 aromatic carbocycles. The van der Waals surface area contributed by atoms with Crippen molar-refractivity contribution in [1.82, 2.24) is 0 Å². The van der Waals surface area contributed by atoms with Crippen molar-refractivity contribution in [2.45, 2.75) is 18.2 Å². The number of sulfonamides is 1. The van der Waals surface area contributed by atoms with Crippen molar-refractivity contribution >= 4 is 10.0 Å². The Balaban J connectivity index is 2.83. The van der Waals surface area contributed by atoms with Gasteiger partial charge in [-0.3, -0.25) is 4.39 Å². The van der Waals surface area contributed by atoms with Gasteiger partial charge in [0.1, 0.15) is 5.75 Å². The first kappa shape index (κ1) is 12.9. The summed E-state index contributed by atoms with van der Waals surface area (Å²) in [6.07, 6.45) is 0.315. The van der Waals surface area contributed by atoms with E-state index in [0.717, 1.165) is 0 Å². The fourth-order valence-corrected chi connectivity index (χ4v) is 2.04. The van der Waals surface area contributed by atoms with Crippen LogP contribution < -0.4 is 9.88 Å². The van der Waals surface area contributed by atoms with Gasteiger partial charge in [0.25, 0.3) is 0 Å². The van der Waals surface area contributed by atoms with Crippen LogP contribution in [0.15, 0.2) is 23.1 Å². The van der Waals surface area contributed by atoms with Crippen molar-refractivity contribution in [2.24, 2.45) is 5.14 Å². The van der Waals surface area contributed by atoms with Crippen molar-refractivity contribution in [1.29, 1.82) is 0 Å². The van der Waals surface area contributed by atoms with Crippen LogP contribution in [0.5, 0.6) is 5.75 Å². The third kappa shape index (κ3) is 3.46. The SMILES string of the molecule is Cc1cc(OCCCF)ccc1S(N)(=O)=O. The van der Waals surface area contributed by atoms with Gasteiger partial charge in [0.15, 0.2) is 0 Å². The highest BCUT2D eigenvalue weighted by atomic mass is 32.2. The van der Waals surface area contributed by atoms with Crippen LogP contribution >= 0.6 is 0 Å². The highest BCUT2D eigenvalue weighted by molar-refractivity contribution is 7.89. The molecule has 0 saturated carbocycles. The topological polar surface area (TPSA) is 69.4 Å². The first-order chi connectivity index (χ1) is 7.45. The molecule has 16 heavy (non-hydrogen) atoms. The van der Waals surface area contributed by atoms with Gasteiger partial charge in [-0.1, -0.05) is 0 Å². The van der Waals surface area contributed by atoms with Crippen LogP contribution in [0, 0.1) is 6.92 Å². The number of hydrogen-bond donors (Lipinski definition) is 1. The molecule has 0 amide bonds. The Morgan fingerprint density at radius 2 is 2.12 bits per heavy atom. The van der Waals surface area contributed by atoms with Crippen LogP contribution in [0.2, 0.25) is 0 Å². The Hall–Kier alpha value is -1.14. The summed E-state index contributed by atoms with van der Waals surface area (Å²) in [7, 11) is -3.69. The van der Waals surface area contributed by atoms with Crippen LogP contribution in [0.25, 0.3) is 0 Å². The maximum Gasteiger partial charge on any atom is 0.238 e.